The van der Waals surface area contributed by atoms with Crippen molar-refractivity contribution < 1.29 is 4.42 Å². The fourth-order valence-electron chi connectivity index (χ4n) is 4.45. The molecule has 4 rings (SSSR count). The first-order valence-electron chi connectivity index (χ1n) is 10.9. The molecule has 2 fully saturated rings. The van der Waals surface area contributed by atoms with Crippen LogP contribution in [0.4, 0.5) is 0 Å². The molecule has 29 heavy (non-hydrogen) atoms. The van der Waals surface area contributed by atoms with Crippen LogP contribution in [-0.2, 0) is 6.42 Å². The van der Waals surface area contributed by atoms with Gasteiger partial charge in [0.1, 0.15) is 6.26 Å². The van der Waals surface area contributed by atoms with E-state index in [1.54, 1.807) is 6.26 Å². The number of oxazole rings is 1. The Kier molecular flexibility index (Phi) is 6.49. The molecule has 2 heterocycles. The Morgan fingerprint density at radius 3 is 2.76 bits per heavy atom. The molecule has 156 valence electrons. The summed E-state index contributed by atoms with van der Waals surface area (Å²) in [5, 5.41) is 7.02. The van der Waals surface area contributed by atoms with Crippen LogP contribution >= 0.6 is 0 Å². The van der Waals surface area contributed by atoms with Gasteiger partial charge < -0.3 is 15.1 Å². The number of hydrogen-bond acceptors (Lipinski definition) is 4. The Morgan fingerprint density at radius 2 is 2.00 bits per heavy atom. The van der Waals surface area contributed by atoms with Gasteiger partial charge in [-0.2, -0.15) is 0 Å². The van der Waals surface area contributed by atoms with Crippen molar-refractivity contribution in [1.82, 2.24) is 20.5 Å². The number of rotatable bonds is 6. The molecule has 6 nitrogen and oxygen atoms in total. The molecule has 2 aromatic rings. The van der Waals surface area contributed by atoms with Gasteiger partial charge in [-0.25, -0.2) is 4.98 Å². The van der Waals surface area contributed by atoms with E-state index in [1.807, 2.05) is 19.2 Å². The minimum atomic E-state index is 0.488. The summed E-state index contributed by atoms with van der Waals surface area (Å²) in [6.07, 6.45) is 9.30. The summed E-state index contributed by atoms with van der Waals surface area (Å²) in [6.45, 7) is 5.20. The summed E-state index contributed by atoms with van der Waals surface area (Å²) >= 11 is 0. The molecule has 1 saturated carbocycles. The van der Waals surface area contributed by atoms with Crippen molar-refractivity contribution in [3.05, 3.63) is 41.8 Å². The summed E-state index contributed by atoms with van der Waals surface area (Å²) in [5.41, 5.74) is 3.20. The lowest BCUT2D eigenvalue weighted by molar-refractivity contribution is 0.242. The Morgan fingerprint density at radius 1 is 1.21 bits per heavy atom. The maximum atomic E-state index is 5.65. The predicted molar refractivity (Wildman–Crippen MR) is 117 cm³/mol. The molecule has 2 N–H and O–H groups in total. The van der Waals surface area contributed by atoms with Gasteiger partial charge in [-0.1, -0.05) is 30.5 Å². The van der Waals surface area contributed by atoms with Crippen LogP contribution in [0.5, 0.6) is 0 Å². The van der Waals surface area contributed by atoms with Gasteiger partial charge in [0.25, 0.3) is 0 Å². The zero-order valence-corrected chi connectivity index (χ0v) is 17.7. The van der Waals surface area contributed by atoms with Gasteiger partial charge in [-0.3, -0.25) is 9.89 Å². The number of aryl methyl sites for hydroxylation is 1. The van der Waals surface area contributed by atoms with Crippen LogP contribution < -0.4 is 10.6 Å². The predicted octanol–water partition coefficient (Wildman–Crippen LogP) is 3.37. The summed E-state index contributed by atoms with van der Waals surface area (Å²) in [4.78, 5) is 11.7. The van der Waals surface area contributed by atoms with E-state index in [0.29, 0.717) is 11.9 Å². The van der Waals surface area contributed by atoms with Crippen LogP contribution in [0.1, 0.15) is 43.4 Å². The van der Waals surface area contributed by atoms with E-state index in [0.717, 1.165) is 42.8 Å². The summed E-state index contributed by atoms with van der Waals surface area (Å²) in [5.74, 6) is 1.56. The van der Waals surface area contributed by atoms with Crippen molar-refractivity contribution in [2.45, 2.75) is 57.5 Å². The monoisotopic (exact) mass is 395 g/mol. The highest BCUT2D eigenvalue weighted by Crippen LogP contribution is 2.26. The minimum Gasteiger partial charge on any atom is -0.444 e. The topological polar surface area (TPSA) is 65.7 Å². The molecule has 0 amide bonds. The quantitative estimate of drug-likeness (QED) is 0.580. The van der Waals surface area contributed by atoms with Gasteiger partial charge in [0.15, 0.2) is 5.96 Å². The maximum Gasteiger partial charge on any atom is 0.226 e. The standard InChI is InChI=1S/C23H33N5O/c1-17-7-9-18(10-8-17)22-26-20(16-29-22)11-13-25-23(24-2)27-19-12-14-28(15-19)21-5-3-4-6-21/h7-10,16,19,21H,3-6,11-15H2,1-2H3,(H2,24,25,27). The number of nitrogens with one attached hydrogen (secondary N) is 2. The molecule has 1 saturated heterocycles. The number of likely N-dealkylation sites (tertiary alicyclic amines) is 1. The Labute approximate surface area is 173 Å². The van der Waals surface area contributed by atoms with Gasteiger partial charge in [0.05, 0.1) is 5.69 Å². The number of aromatic nitrogens is 1. The number of hydrogen-bond donors (Lipinski definition) is 2. The van der Waals surface area contributed by atoms with Crippen molar-refractivity contribution in [2.75, 3.05) is 26.7 Å². The summed E-state index contributed by atoms with van der Waals surface area (Å²) in [7, 11) is 1.84. The zero-order chi connectivity index (χ0) is 20.1. The van der Waals surface area contributed by atoms with Crippen LogP contribution in [0.25, 0.3) is 11.5 Å². The van der Waals surface area contributed by atoms with Gasteiger partial charge in [0, 0.05) is 50.7 Å². The Balaban J connectivity index is 1.22. The second-order valence-corrected chi connectivity index (χ2v) is 8.32. The molecule has 2 aliphatic rings. The highest BCUT2D eigenvalue weighted by atomic mass is 16.3. The van der Waals surface area contributed by atoms with E-state index in [4.69, 9.17) is 4.42 Å². The van der Waals surface area contributed by atoms with Crippen molar-refractivity contribution in [3.8, 4) is 11.5 Å². The molecular formula is C23H33N5O. The minimum absolute atomic E-state index is 0.488. The van der Waals surface area contributed by atoms with E-state index in [-0.39, 0.29) is 0 Å². The molecule has 0 bridgehead atoms. The maximum absolute atomic E-state index is 5.65. The first-order valence-corrected chi connectivity index (χ1v) is 10.9. The van der Waals surface area contributed by atoms with Gasteiger partial charge in [-0.05, 0) is 38.3 Å². The van der Waals surface area contributed by atoms with Gasteiger partial charge in [0.2, 0.25) is 5.89 Å². The number of aliphatic imine (C=N–C) groups is 1. The molecule has 6 heteroatoms. The Bertz CT molecular complexity index is 807. The fraction of sp³-hybridized carbons (Fsp3) is 0.565. The van der Waals surface area contributed by atoms with Crippen LogP contribution in [0.15, 0.2) is 39.9 Å². The molecular weight excluding hydrogens is 362 g/mol. The Hall–Kier alpha value is -2.34. The molecule has 1 aromatic heterocycles. The lowest BCUT2D eigenvalue weighted by Crippen LogP contribution is -2.45. The third-order valence-electron chi connectivity index (χ3n) is 6.15. The third kappa shape index (κ3) is 5.18. The van der Waals surface area contributed by atoms with E-state index in [1.165, 1.54) is 44.2 Å². The molecule has 0 radical (unpaired) electrons. The van der Waals surface area contributed by atoms with Crippen molar-refractivity contribution in [3.63, 3.8) is 0 Å². The lowest BCUT2D eigenvalue weighted by atomic mass is 10.1. The fourth-order valence-corrected chi connectivity index (χ4v) is 4.45. The smallest absolute Gasteiger partial charge is 0.226 e. The molecule has 1 atom stereocenters. The number of guanidine groups is 1. The van der Waals surface area contributed by atoms with E-state index in [2.05, 4.69) is 44.6 Å². The van der Waals surface area contributed by atoms with Crippen molar-refractivity contribution in [1.29, 1.82) is 0 Å². The van der Waals surface area contributed by atoms with Crippen LogP contribution in [0, 0.1) is 6.92 Å². The largest absolute Gasteiger partial charge is 0.444 e. The van der Waals surface area contributed by atoms with Crippen molar-refractivity contribution in [2.24, 2.45) is 4.99 Å². The second kappa shape index (κ2) is 9.44. The third-order valence-corrected chi connectivity index (χ3v) is 6.15. The summed E-state index contributed by atoms with van der Waals surface area (Å²) < 4.78 is 5.65. The molecule has 1 aliphatic heterocycles. The van der Waals surface area contributed by atoms with Gasteiger partial charge in [-0.15, -0.1) is 0 Å². The second-order valence-electron chi connectivity index (χ2n) is 8.32. The average Bonchev–Trinajstić information content (AvgIpc) is 3.49. The molecule has 1 unspecified atom stereocenters. The number of benzene rings is 1. The van der Waals surface area contributed by atoms with E-state index in [9.17, 15) is 0 Å². The zero-order valence-electron chi connectivity index (χ0n) is 17.7. The highest BCUT2D eigenvalue weighted by Gasteiger charge is 2.30. The number of nitrogens with zero attached hydrogens (tertiary/aromatic N) is 3. The van der Waals surface area contributed by atoms with Crippen molar-refractivity contribution >= 4 is 5.96 Å². The molecule has 0 spiro atoms. The van der Waals surface area contributed by atoms with E-state index >= 15 is 0 Å². The molecule has 1 aliphatic carbocycles. The van der Waals surface area contributed by atoms with E-state index < -0.39 is 0 Å². The SMILES string of the molecule is CN=C(NCCc1coc(-c2ccc(C)cc2)n1)NC1CCN(C2CCCC2)C1. The highest BCUT2D eigenvalue weighted by molar-refractivity contribution is 5.80. The van der Waals surface area contributed by atoms with Crippen LogP contribution in [0.2, 0.25) is 0 Å². The van der Waals surface area contributed by atoms with Crippen LogP contribution in [0.3, 0.4) is 0 Å². The average molecular weight is 396 g/mol. The van der Waals surface area contributed by atoms with Crippen LogP contribution in [-0.4, -0.2) is 54.6 Å². The first-order chi connectivity index (χ1) is 14.2. The first kappa shape index (κ1) is 20.0. The molecule has 1 aromatic carbocycles. The van der Waals surface area contributed by atoms with Gasteiger partial charge >= 0.3 is 0 Å². The summed E-state index contributed by atoms with van der Waals surface area (Å²) in [6, 6.07) is 9.55. The lowest BCUT2D eigenvalue weighted by Gasteiger charge is -2.24. The normalized spacial score (nSPS) is 21.0.